The molecule has 0 saturated carbocycles. The summed E-state index contributed by atoms with van der Waals surface area (Å²) in [5.74, 6) is -1.38. The fraction of sp³-hybridized carbons (Fsp3) is 0.400. The third kappa shape index (κ3) is 1.81. The van der Waals surface area contributed by atoms with E-state index in [1.807, 2.05) is 0 Å². The van der Waals surface area contributed by atoms with E-state index in [1.165, 1.54) is 12.1 Å². The molecule has 24 heavy (non-hydrogen) atoms. The zero-order valence-corrected chi connectivity index (χ0v) is 12.6. The number of rotatable bonds is 1. The largest absolute Gasteiger partial charge is 0.861 e. The first-order valence-electron chi connectivity index (χ1n) is 7.68. The molecule has 3 aliphatic heterocycles. The van der Waals surface area contributed by atoms with Crippen molar-refractivity contribution in [3.63, 3.8) is 0 Å². The minimum absolute atomic E-state index is 0.0274. The summed E-state index contributed by atoms with van der Waals surface area (Å²) < 4.78 is 0. The van der Waals surface area contributed by atoms with E-state index in [9.17, 15) is 24.8 Å². The van der Waals surface area contributed by atoms with Crippen LogP contribution in [0.25, 0.3) is 0 Å². The van der Waals surface area contributed by atoms with E-state index >= 15 is 0 Å². The molecule has 9 nitrogen and oxygen atoms in total. The lowest BCUT2D eigenvalue weighted by atomic mass is 9.69. The molecule has 2 N–H and O–H groups in total. The predicted molar refractivity (Wildman–Crippen MR) is 78.7 cm³/mol. The van der Waals surface area contributed by atoms with Crippen molar-refractivity contribution < 1.29 is 24.5 Å². The van der Waals surface area contributed by atoms with Crippen molar-refractivity contribution in [2.75, 3.05) is 6.54 Å². The van der Waals surface area contributed by atoms with E-state index in [0.717, 1.165) is 23.6 Å². The Balaban J connectivity index is 1.91. The number of fused-ring (bicyclic) bond motifs is 4. The third-order valence-electron chi connectivity index (χ3n) is 5.28. The fourth-order valence-electron chi connectivity index (χ4n) is 4.28. The lowest BCUT2D eigenvalue weighted by molar-refractivity contribution is -0.855. The van der Waals surface area contributed by atoms with Gasteiger partial charge in [-0.1, -0.05) is 0 Å². The summed E-state index contributed by atoms with van der Waals surface area (Å²) in [6.07, 6.45) is 1.51. The first-order valence-corrected chi connectivity index (χ1v) is 7.68. The van der Waals surface area contributed by atoms with Crippen molar-refractivity contribution in [3.05, 3.63) is 33.9 Å². The number of quaternary nitrogens is 1. The van der Waals surface area contributed by atoms with Crippen molar-refractivity contribution in [2.45, 2.75) is 25.3 Å². The van der Waals surface area contributed by atoms with Gasteiger partial charge in [-0.25, -0.2) is 9.79 Å². The Hall–Kier alpha value is -2.81. The standard InChI is InChI=1S/C15H14N4O5/c20-12-15(13(21)17-14(22)16-12)7-8-6-9(19(23)24)3-4-10(8)18-5-1-2-11(15)18/h3-4,6,11H,1-2,5,7H2,(H2,16,17,20,21,22). The molecule has 0 bridgehead atoms. The number of carbonyl (C=O) groups excluding carboxylic acids is 2. The molecule has 0 aliphatic carbocycles. The van der Waals surface area contributed by atoms with Crippen LogP contribution in [0.3, 0.4) is 0 Å². The molecule has 1 aromatic rings. The highest BCUT2D eigenvalue weighted by molar-refractivity contribution is 6.16. The van der Waals surface area contributed by atoms with Gasteiger partial charge < -0.3 is 5.11 Å². The Bertz CT molecular complexity index is 820. The maximum atomic E-state index is 12.6. The van der Waals surface area contributed by atoms with Crippen molar-refractivity contribution in [1.82, 2.24) is 5.32 Å². The number of hydrogen-bond donors (Lipinski definition) is 2. The van der Waals surface area contributed by atoms with Crippen molar-refractivity contribution in [1.29, 1.82) is 0 Å². The second kappa shape index (κ2) is 4.84. The Morgan fingerprint density at radius 1 is 1.38 bits per heavy atom. The van der Waals surface area contributed by atoms with Crippen molar-refractivity contribution in [2.24, 2.45) is 10.4 Å². The van der Waals surface area contributed by atoms with E-state index in [0.29, 0.717) is 12.0 Å². The number of nitrogens with one attached hydrogen (secondary N) is 2. The van der Waals surface area contributed by atoms with Crippen molar-refractivity contribution >= 4 is 29.2 Å². The Morgan fingerprint density at radius 3 is 2.88 bits per heavy atom. The minimum Gasteiger partial charge on any atom is -0.861 e. The van der Waals surface area contributed by atoms with E-state index in [4.69, 9.17) is 0 Å². The van der Waals surface area contributed by atoms with Crippen LogP contribution in [-0.2, 0) is 11.2 Å². The van der Waals surface area contributed by atoms with Crippen LogP contribution in [0.1, 0.15) is 18.4 Å². The Kier molecular flexibility index (Phi) is 2.98. The van der Waals surface area contributed by atoms with Crippen LogP contribution in [-0.4, -0.2) is 35.3 Å². The number of hydrogen-bond acceptors (Lipinski definition) is 5. The Labute approximate surface area is 136 Å². The number of aliphatic imine (C=N–C) groups is 1. The van der Waals surface area contributed by atoms with Gasteiger partial charge in [0.2, 0.25) is 5.91 Å². The number of urea groups is 1. The normalized spacial score (nSPS) is 31.2. The monoisotopic (exact) mass is 330 g/mol. The van der Waals surface area contributed by atoms with Gasteiger partial charge in [-0.3, -0.25) is 25.1 Å². The van der Waals surface area contributed by atoms with Gasteiger partial charge in [0.25, 0.3) is 5.69 Å². The maximum absolute atomic E-state index is 12.6. The van der Waals surface area contributed by atoms with Crippen LogP contribution >= 0.6 is 0 Å². The van der Waals surface area contributed by atoms with Crippen LogP contribution in [0.4, 0.5) is 16.2 Å². The summed E-state index contributed by atoms with van der Waals surface area (Å²) >= 11 is 0. The van der Waals surface area contributed by atoms with Gasteiger partial charge in [-0.15, -0.1) is 0 Å². The second-order valence-corrected chi connectivity index (χ2v) is 6.39. The fourth-order valence-corrected chi connectivity index (χ4v) is 4.28. The number of nitrogens with zero attached hydrogens (tertiary/aromatic N) is 2. The summed E-state index contributed by atoms with van der Waals surface area (Å²) in [5, 5.41) is 25.7. The minimum atomic E-state index is -1.46. The van der Waals surface area contributed by atoms with Gasteiger partial charge >= 0.3 is 6.03 Å². The quantitative estimate of drug-likeness (QED) is 0.495. The van der Waals surface area contributed by atoms with Gasteiger partial charge in [0.1, 0.15) is 17.1 Å². The van der Waals surface area contributed by atoms with Crippen LogP contribution < -0.4 is 15.3 Å². The molecule has 3 unspecified atom stereocenters. The summed E-state index contributed by atoms with van der Waals surface area (Å²) in [7, 11) is 0. The molecule has 3 aliphatic rings. The second-order valence-electron chi connectivity index (χ2n) is 6.39. The molecular weight excluding hydrogens is 316 g/mol. The van der Waals surface area contributed by atoms with Crippen LogP contribution in [0, 0.1) is 15.5 Å². The van der Waals surface area contributed by atoms with Gasteiger partial charge in [0.15, 0.2) is 0 Å². The number of nitro groups is 1. The summed E-state index contributed by atoms with van der Waals surface area (Å²) in [6.45, 7) is 0.728. The van der Waals surface area contributed by atoms with Gasteiger partial charge in [-0.05, 0) is 5.90 Å². The average Bonchev–Trinajstić information content (AvgIpc) is 3.01. The highest BCUT2D eigenvalue weighted by Gasteiger charge is 2.59. The molecule has 3 heterocycles. The SMILES string of the molecule is O=C1N=C([O-])C2(Cc3cc([N+](=O)[O-])ccc3[NH+]3CCCC32)C(=O)N1. The van der Waals surface area contributed by atoms with Gasteiger partial charge in [0.05, 0.1) is 11.5 Å². The molecule has 4 rings (SSSR count). The summed E-state index contributed by atoms with van der Waals surface area (Å²) in [6, 6.07) is 3.29. The lowest BCUT2D eigenvalue weighted by Crippen LogP contribution is -3.13. The van der Waals surface area contributed by atoms with Crippen LogP contribution in [0.5, 0.6) is 0 Å². The molecule has 9 heteroatoms. The number of benzene rings is 1. The number of amides is 3. The van der Waals surface area contributed by atoms with Crippen LogP contribution in [0.2, 0.25) is 0 Å². The molecule has 3 atom stereocenters. The predicted octanol–water partition coefficient (Wildman–Crippen LogP) is -1.18. The third-order valence-corrected chi connectivity index (χ3v) is 5.28. The molecule has 0 aromatic heterocycles. The molecular formula is C15H14N4O5. The van der Waals surface area contributed by atoms with E-state index in [2.05, 4.69) is 10.3 Å². The van der Waals surface area contributed by atoms with E-state index in [1.54, 1.807) is 6.07 Å². The van der Waals surface area contributed by atoms with Gasteiger partial charge in [0, 0.05) is 43.0 Å². The molecule has 3 amide bonds. The van der Waals surface area contributed by atoms with Crippen molar-refractivity contribution in [3.8, 4) is 0 Å². The van der Waals surface area contributed by atoms with Gasteiger partial charge in [-0.2, -0.15) is 0 Å². The zero-order chi connectivity index (χ0) is 17.1. The smallest absolute Gasteiger partial charge is 0.346 e. The summed E-state index contributed by atoms with van der Waals surface area (Å²) in [4.78, 5) is 38.9. The number of non-ortho nitro benzene ring substituents is 1. The first-order chi connectivity index (χ1) is 11.4. The number of imide groups is 1. The first kappa shape index (κ1) is 14.8. The average molecular weight is 330 g/mol. The highest BCUT2D eigenvalue weighted by atomic mass is 16.6. The zero-order valence-electron chi connectivity index (χ0n) is 12.6. The molecule has 1 fully saturated rings. The molecule has 0 radical (unpaired) electrons. The lowest BCUT2D eigenvalue weighted by Gasteiger charge is -2.47. The molecule has 1 spiro atoms. The van der Waals surface area contributed by atoms with E-state index in [-0.39, 0.29) is 18.2 Å². The highest BCUT2D eigenvalue weighted by Crippen LogP contribution is 2.39. The molecule has 1 aromatic carbocycles. The van der Waals surface area contributed by atoms with E-state index < -0.39 is 28.2 Å². The Morgan fingerprint density at radius 2 is 2.17 bits per heavy atom. The molecule has 124 valence electrons. The maximum Gasteiger partial charge on any atom is 0.346 e. The topological polar surface area (TPSA) is 129 Å². The van der Waals surface area contributed by atoms with Crippen LogP contribution in [0.15, 0.2) is 23.2 Å². The number of nitro benzene ring substituents is 1. The molecule has 1 saturated heterocycles. The number of carbonyl (C=O) groups is 2. The summed E-state index contributed by atoms with van der Waals surface area (Å²) in [5.41, 5.74) is -0.0728.